The van der Waals surface area contributed by atoms with Crippen LogP contribution in [0, 0.1) is 6.92 Å². The molecule has 0 radical (unpaired) electrons. The molecule has 7 heteroatoms. The number of sulfone groups is 1. The highest BCUT2D eigenvalue weighted by Crippen LogP contribution is 2.32. The molecule has 1 aromatic heterocycles. The molecule has 2 heterocycles. The second kappa shape index (κ2) is 7.21. The summed E-state index contributed by atoms with van der Waals surface area (Å²) < 4.78 is 24.3. The molecule has 0 spiro atoms. The van der Waals surface area contributed by atoms with Gasteiger partial charge in [-0.3, -0.25) is 9.78 Å². The summed E-state index contributed by atoms with van der Waals surface area (Å²) in [5.41, 5.74) is 3.07. The van der Waals surface area contributed by atoms with Gasteiger partial charge in [0.25, 0.3) is 0 Å². The smallest absolute Gasteiger partial charge is 0.246 e. The normalized spacial score (nSPS) is 19.2. The van der Waals surface area contributed by atoms with Crippen molar-refractivity contribution in [1.29, 1.82) is 0 Å². The van der Waals surface area contributed by atoms with Crippen LogP contribution in [0.2, 0.25) is 5.02 Å². The molecule has 1 saturated heterocycles. The Labute approximate surface area is 158 Å². The maximum absolute atomic E-state index is 12.2. The van der Waals surface area contributed by atoms with Crippen LogP contribution < -0.4 is 0 Å². The minimum Gasteiger partial charge on any atom is -0.330 e. The number of aryl methyl sites for hydroxylation is 1. The summed E-state index contributed by atoms with van der Waals surface area (Å²) >= 11 is 6.29. The summed E-state index contributed by atoms with van der Waals surface area (Å²) in [6.07, 6.45) is 1.21. The Balaban J connectivity index is 2.08. The Morgan fingerprint density at radius 2 is 2.12 bits per heavy atom. The van der Waals surface area contributed by atoms with Crippen molar-refractivity contribution in [2.45, 2.75) is 13.0 Å². The van der Waals surface area contributed by atoms with Gasteiger partial charge < -0.3 is 4.90 Å². The van der Waals surface area contributed by atoms with Gasteiger partial charge in [0.05, 0.1) is 23.2 Å². The number of rotatable bonds is 3. The molecule has 0 saturated carbocycles. The van der Waals surface area contributed by atoms with Crippen molar-refractivity contribution in [2.24, 2.45) is 0 Å². The van der Waals surface area contributed by atoms with Gasteiger partial charge in [-0.25, -0.2) is 8.42 Å². The van der Waals surface area contributed by atoms with Crippen LogP contribution in [0.4, 0.5) is 0 Å². The molecule has 1 aromatic carbocycles. The standard InChI is InChI=1S/C19H19ClN2O3S/c1-3-19(23)22-7-8-26(24,25)12-18(22)15-9-14(10-16(20)11-15)17-6-4-5-13(2)21-17/h3-6,9-11,18H,1,7-8,12H2,2H3. The van der Waals surface area contributed by atoms with E-state index in [1.807, 2.05) is 31.2 Å². The number of pyridine rings is 1. The average molecular weight is 391 g/mol. The van der Waals surface area contributed by atoms with E-state index < -0.39 is 15.9 Å². The number of halogens is 1. The molecule has 1 aliphatic heterocycles. The number of nitrogens with zero attached hydrogens (tertiary/aromatic N) is 2. The Kier molecular flexibility index (Phi) is 5.16. The molecule has 0 bridgehead atoms. The van der Waals surface area contributed by atoms with Crippen molar-refractivity contribution in [3.63, 3.8) is 0 Å². The first kappa shape index (κ1) is 18.6. The van der Waals surface area contributed by atoms with Crippen LogP contribution in [0.25, 0.3) is 11.3 Å². The number of benzene rings is 1. The van der Waals surface area contributed by atoms with Gasteiger partial charge in [0.2, 0.25) is 5.91 Å². The fraction of sp³-hybridized carbons (Fsp3) is 0.263. The summed E-state index contributed by atoms with van der Waals surface area (Å²) in [5, 5.41) is 0.467. The lowest BCUT2D eigenvalue weighted by Gasteiger charge is -2.35. The van der Waals surface area contributed by atoms with Gasteiger partial charge in [-0.15, -0.1) is 0 Å². The molecule has 1 amide bonds. The van der Waals surface area contributed by atoms with Crippen LogP contribution >= 0.6 is 11.6 Å². The lowest BCUT2D eigenvalue weighted by molar-refractivity contribution is -0.127. The Bertz CT molecular complexity index is 972. The maximum atomic E-state index is 12.2. The van der Waals surface area contributed by atoms with Gasteiger partial charge in [-0.05, 0) is 48.9 Å². The number of hydrogen-bond acceptors (Lipinski definition) is 4. The highest BCUT2D eigenvalue weighted by molar-refractivity contribution is 7.91. The first-order valence-electron chi connectivity index (χ1n) is 8.17. The zero-order valence-corrected chi connectivity index (χ0v) is 15.9. The molecule has 2 aromatic rings. The maximum Gasteiger partial charge on any atom is 0.246 e. The largest absolute Gasteiger partial charge is 0.330 e. The highest BCUT2D eigenvalue weighted by Gasteiger charge is 2.34. The minimum absolute atomic E-state index is 0.0457. The highest BCUT2D eigenvalue weighted by atomic mass is 35.5. The number of carbonyl (C=O) groups excluding carboxylic acids is 1. The van der Waals surface area contributed by atoms with E-state index in [-0.39, 0.29) is 24.0 Å². The number of carbonyl (C=O) groups is 1. The van der Waals surface area contributed by atoms with E-state index >= 15 is 0 Å². The zero-order chi connectivity index (χ0) is 18.9. The summed E-state index contributed by atoms with van der Waals surface area (Å²) in [5.74, 6) is -0.469. The van der Waals surface area contributed by atoms with E-state index in [2.05, 4.69) is 11.6 Å². The quantitative estimate of drug-likeness (QED) is 0.755. The molecule has 136 valence electrons. The molecule has 0 aliphatic carbocycles. The van der Waals surface area contributed by atoms with Crippen LogP contribution in [-0.4, -0.2) is 42.3 Å². The third-order valence-electron chi connectivity index (χ3n) is 4.38. The predicted molar refractivity (Wildman–Crippen MR) is 103 cm³/mol. The number of hydrogen-bond donors (Lipinski definition) is 0. The van der Waals surface area contributed by atoms with Crippen molar-refractivity contribution < 1.29 is 13.2 Å². The Morgan fingerprint density at radius 1 is 1.35 bits per heavy atom. The molecule has 1 aliphatic rings. The first-order chi connectivity index (χ1) is 12.3. The van der Waals surface area contributed by atoms with Crippen LogP contribution in [-0.2, 0) is 14.6 Å². The van der Waals surface area contributed by atoms with Gasteiger partial charge in [0.15, 0.2) is 9.84 Å². The summed E-state index contributed by atoms with van der Waals surface area (Å²) in [6, 6.07) is 10.4. The number of aromatic nitrogens is 1. The molecule has 5 nitrogen and oxygen atoms in total. The SMILES string of the molecule is C=CC(=O)N1CCS(=O)(=O)CC1c1cc(Cl)cc(-c2cccc(C)n2)c1. The predicted octanol–water partition coefficient (Wildman–Crippen LogP) is 3.19. The molecule has 0 N–H and O–H groups in total. The third kappa shape index (κ3) is 3.97. The van der Waals surface area contributed by atoms with Crippen molar-refractivity contribution >= 4 is 27.3 Å². The fourth-order valence-corrected chi connectivity index (χ4v) is 4.86. The fourth-order valence-electron chi connectivity index (χ4n) is 3.12. The van der Waals surface area contributed by atoms with Gasteiger partial charge in [-0.2, -0.15) is 0 Å². The summed E-state index contributed by atoms with van der Waals surface area (Å²) in [4.78, 5) is 18.2. The lowest BCUT2D eigenvalue weighted by Crippen LogP contribution is -2.45. The monoisotopic (exact) mass is 390 g/mol. The molecular formula is C19H19ClN2O3S. The summed E-state index contributed by atoms with van der Waals surface area (Å²) in [6.45, 7) is 5.55. The molecule has 1 fully saturated rings. The molecule has 26 heavy (non-hydrogen) atoms. The van der Waals surface area contributed by atoms with Gasteiger partial charge >= 0.3 is 0 Å². The first-order valence-corrected chi connectivity index (χ1v) is 10.4. The van der Waals surface area contributed by atoms with Gasteiger partial charge in [0, 0.05) is 22.8 Å². The van der Waals surface area contributed by atoms with Crippen molar-refractivity contribution in [3.05, 3.63) is 65.3 Å². The second-order valence-corrected chi connectivity index (χ2v) is 8.97. The molecule has 3 rings (SSSR count). The average Bonchev–Trinajstić information content (AvgIpc) is 2.60. The van der Waals surface area contributed by atoms with E-state index in [4.69, 9.17) is 11.6 Å². The van der Waals surface area contributed by atoms with Crippen LogP contribution in [0.1, 0.15) is 17.3 Å². The Morgan fingerprint density at radius 3 is 2.81 bits per heavy atom. The van der Waals surface area contributed by atoms with Crippen molar-refractivity contribution in [2.75, 3.05) is 18.1 Å². The van der Waals surface area contributed by atoms with Crippen LogP contribution in [0.5, 0.6) is 0 Å². The topological polar surface area (TPSA) is 67.3 Å². The molecule has 1 unspecified atom stereocenters. The molecular weight excluding hydrogens is 372 g/mol. The van der Waals surface area contributed by atoms with E-state index in [0.717, 1.165) is 17.0 Å². The van der Waals surface area contributed by atoms with Crippen molar-refractivity contribution in [1.82, 2.24) is 9.88 Å². The van der Waals surface area contributed by atoms with E-state index in [1.54, 1.807) is 12.1 Å². The second-order valence-electron chi connectivity index (χ2n) is 6.30. The van der Waals surface area contributed by atoms with Gasteiger partial charge in [0.1, 0.15) is 0 Å². The summed E-state index contributed by atoms with van der Waals surface area (Å²) in [7, 11) is -3.24. The zero-order valence-electron chi connectivity index (χ0n) is 14.4. The van der Waals surface area contributed by atoms with Crippen molar-refractivity contribution in [3.8, 4) is 11.3 Å². The third-order valence-corrected chi connectivity index (χ3v) is 6.22. The van der Waals surface area contributed by atoms with E-state index in [0.29, 0.717) is 10.6 Å². The van der Waals surface area contributed by atoms with E-state index in [1.165, 1.54) is 11.0 Å². The van der Waals surface area contributed by atoms with Crippen LogP contribution in [0.3, 0.4) is 0 Å². The van der Waals surface area contributed by atoms with Gasteiger partial charge in [-0.1, -0.05) is 24.2 Å². The molecule has 1 atom stereocenters. The lowest BCUT2D eigenvalue weighted by atomic mass is 10.0. The number of amides is 1. The van der Waals surface area contributed by atoms with E-state index in [9.17, 15) is 13.2 Å². The van der Waals surface area contributed by atoms with Crippen LogP contribution in [0.15, 0.2) is 49.1 Å². The minimum atomic E-state index is -3.24. The Hall–Kier alpha value is -2.18.